The highest BCUT2D eigenvalue weighted by Gasteiger charge is 2.77. The van der Waals surface area contributed by atoms with E-state index < -0.39 is 57.8 Å². The van der Waals surface area contributed by atoms with Crippen LogP contribution in [0.4, 0.5) is 0 Å². The standard InChI is InChI=1S/C22H32O7/c1-11-18(27)22-9-21(11,28)8-13(29-12(2)24)17(22)20(4)14(7-16(22)26)19(3,10-23)6-5-15(20)25/h13-17,23,25-26,28H,1,5-10H2,2-4H3/t13-,14+,15-,16+,17-,19-,20-,21-,22-/m0/s1. The summed E-state index contributed by atoms with van der Waals surface area (Å²) in [6, 6.07) is 0. The Hall–Kier alpha value is -1.28. The van der Waals surface area contributed by atoms with E-state index in [1.165, 1.54) is 6.92 Å². The lowest BCUT2D eigenvalue weighted by Gasteiger charge is -2.67. The average Bonchev–Trinajstić information content (AvgIpc) is 2.79. The largest absolute Gasteiger partial charge is 0.462 e. The van der Waals surface area contributed by atoms with Crippen LogP contribution in [-0.4, -0.2) is 62.7 Å². The molecule has 0 radical (unpaired) electrons. The van der Waals surface area contributed by atoms with Crippen molar-refractivity contribution in [3.8, 4) is 0 Å². The second kappa shape index (κ2) is 6.13. The van der Waals surface area contributed by atoms with Crippen molar-refractivity contribution >= 4 is 11.8 Å². The molecule has 1 spiro atoms. The number of aliphatic hydroxyl groups excluding tert-OH is 3. The zero-order chi connectivity index (χ0) is 21.6. The van der Waals surface area contributed by atoms with Gasteiger partial charge in [-0.05, 0) is 37.0 Å². The molecule has 2 bridgehead atoms. The fourth-order valence-corrected chi connectivity index (χ4v) is 7.67. The molecule has 29 heavy (non-hydrogen) atoms. The minimum atomic E-state index is -1.53. The minimum Gasteiger partial charge on any atom is -0.462 e. The molecule has 9 atom stereocenters. The molecule has 4 fully saturated rings. The van der Waals surface area contributed by atoms with Gasteiger partial charge in [0, 0.05) is 36.9 Å². The number of fused-ring (bicyclic) bond motifs is 3. The summed E-state index contributed by atoms with van der Waals surface area (Å²) in [4.78, 5) is 25.4. The highest BCUT2D eigenvalue weighted by atomic mass is 16.5. The lowest BCUT2D eigenvalue weighted by molar-refractivity contribution is -0.269. The first-order valence-corrected chi connectivity index (χ1v) is 10.5. The van der Waals surface area contributed by atoms with Gasteiger partial charge in [-0.3, -0.25) is 9.59 Å². The maximum absolute atomic E-state index is 13.5. The second-order valence-corrected chi connectivity index (χ2v) is 10.4. The van der Waals surface area contributed by atoms with Gasteiger partial charge < -0.3 is 25.2 Å². The first-order chi connectivity index (χ1) is 13.4. The molecule has 0 unspecified atom stereocenters. The van der Waals surface area contributed by atoms with Crippen LogP contribution in [-0.2, 0) is 14.3 Å². The van der Waals surface area contributed by atoms with Gasteiger partial charge in [0.05, 0.1) is 23.2 Å². The zero-order valence-corrected chi connectivity index (χ0v) is 17.4. The highest BCUT2D eigenvalue weighted by molar-refractivity contribution is 6.05. The van der Waals surface area contributed by atoms with Crippen LogP contribution in [0, 0.1) is 28.1 Å². The Balaban J connectivity index is 1.94. The fraction of sp³-hybridized carbons (Fsp3) is 0.818. The fourth-order valence-electron chi connectivity index (χ4n) is 7.67. The molecule has 7 nitrogen and oxygen atoms in total. The van der Waals surface area contributed by atoms with E-state index in [9.17, 15) is 30.0 Å². The van der Waals surface area contributed by atoms with Gasteiger partial charge in [0.15, 0.2) is 5.78 Å². The number of ketones is 1. The number of hydrogen-bond donors (Lipinski definition) is 4. The van der Waals surface area contributed by atoms with Gasteiger partial charge in [-0.15, -0.1) is 0 Å². The number of hydrogen-bond acceptors (Lipinski definition) is 7. The Labute approximate surface area is 170 Å². The predicted molar refractivity (Wildman–Crippen MR) is 102 cm³/mol. The molecule has 4 N–H and O–H groups in total. The Bertz CT molecular complexity index is 779. The van der Waals surface area contributed by atoms with Crippen LogP contribution in [0.25, 0.3) is 0 Å². The summed E-state index contributed by atoms with van der Waals surface area (Å²) in [6.45, 7) is 8.83. The summed E-state index contributed by atoms with van der Waals surface area (Å²) in [5.74, 6) is -1.89. The van der Waals surface area contributed by atoms with E-state index in [1.807, 2.05) is 13.8 Å². The molecule has 162 valence electrons. The quantitative estimate of drug-likeness (QED) is 0.392. The van der Waals surface area contributed by atoms with E-state index in [4.69, 9.17) is 4.74 Å². The molecule has 4 rings (SSSR count). The molecule has 0 heterocycles. The molecule has 7 heteroatoms. The molecule has 0 aromatic carbocycles. The van der Waals surface area contributed by atoms with E-state index in [1.54, 1.807) is 0 Å². The number of carbonyl (C=O) groups excluding carboxylic acids is 2. The first kappa shape index (κ1) is 21.0. The van der Waals surface area contributed by atoms with Crippen LogP contribution in [0.15, 0.2) is 12.2 Å². The molecular formula is C22H32O7. The van der Waals surface area contributed by atoms with Gasteiger partial charge in [-0.2, -0.15) is 0 Å². The SMILES string of the molecule is C=C1C(=O)[C@]23C[C@@]1(O)C[C@H](OC(C)=O)[C@H]2[C@@]1(C)[C@H](C[C@H]3O)[C@](C)(CO)CC[C@@H]1O. The maximum atomic E-state index is 13.5. The van der Waals surface area contributed by atoms with Crippen molar-refractivity contribution in [2.45, 2.75) is 76.8 Å². The van der Waals surface area contributed by atoms with E-state index >= 15 is 0 Å². The van der Waals surface area contributed by atoms with Gasteiger partial charge in [0.2, 0.25) is 0 Å². The van der Waals surface area contributed by atoms with Crippen LogP contribution >= 0.6 is 0 Å². The highest BCUT2D eigenvalue weighted by Crippen LogP contribution is 2.72. The molecule has 0 amide bonds. The summed E-state index contributed by atoms with van der Waals surface area (Å²) in [7, 11) is 0. The number of carbonyl (C=O) groups is 2. The van der Waals surface area contributed by atoms with Gasteiger partial charge in [0.25, 0.3) is 0 Å². The van der Waals surface area contributed by atoms with Crippen molar-refractivity contribution in [3.05, 3.63) is 12.2 Å². The monoisotopic (exact) mass is 408 g/mol. The Morgan fingerprint density at radius 2 is 1.93 bits per heavy atom. The lowest BCUT2D eigenvalue weighted by Crippen LogP contribution is -2.71. The Kier molecular flexibility index (Phi) is 4.43. The third-order valence-electron chi connectivity index (χ3n) is 9.01. The predicted octanol–water partition coefficient (Wildman–Crippen LogP) is 0.725. The Morgan fingerprint density at radius 1 is 1.28 bits per heavy atom. The van der Waals surface area contributed by atoms with Gasteiger partial charge in [0.1, 0.15) is 6.10 Å². The van der Waals surface area contributed by atoms with Gasteiger partial charge >= 0.3 is 5.97 Å². The second-order valence-electron chi connectivity index (χ2n) is 10.4. The normalized spacial score (nSPS) is 54.0. The zero-order valence-electron chi connectivity index (χ0n) is 17.4. The van der Waals surface area contributed by atoms with Crippen LogP contribution in [0.2, 0.25) is 0 Å². The van der Waals surface area contributed by atoms with Crippen molar-refractivity contribution in [1.29, 1.82) is 0 Å². The summed E-state index contributed by atoms with van der Waals surface area (Å²) < 4.78 is 5.63. The van der Waals surface area contributed by atoms with Crippen molar-refractivity contribution in [2.24, 2.45) is 28.1 Å². The van der Waals surface area contributed by atoms with Crippen LogP contribution in [0.1, 0.15) is 52.9 Å². The van der Waals surface area contributed by atoms with Crippen LogP contribution < -0.4 is 0 Å². The number of esters is 1. The summed E-state index contributed by atoms with van der Waals surface area (Å²) in [5, 5.41) is 43.9. The van der Waals surface area contributed by atoms with E-state index in [0.29, 0.717) is 12.8 Å². The van der Waals surface area contributed by atoms with Crippen molar-refractivity contribution in [2.75, 3.05) is 6.61 Å². The summed E-state index contributed by atoms with van der Waals surface area (Å²) >= 11 is 0. The molecule has 0 saturated heterocycles. The maximum Gasteiger partial charge on any atom is 0.302 e. The smallest absolute Gasteiger partial charge is 0.302 e. The molecule has 0 aromatic heterocycles. The van der Waals surface area contributed by atoms with E-state index in [-0.39, 0.29) is 37.4 Å². The summed E-state index contributed by atoms with van der Waals surface area (Å²) in [6.07, 6.45) is -1.41. The molecule has 4 aliphatic carbocycles. The molecule has 4 saturated carbocycles. The lowest BCUT2D eigenvalue weighted by atomic mass is 9.38. The summed E-state index contributed by atoms with van der Waals surface area (Å²) in [5.41, 5.74) is -4.25. The Morgan fingerprint density at radius 3 is 2.52 bits per heavy atom. The molecule has 0 aliphatic heterocycles. The topological polar surface area (TPSA) is 124 Å². The minimum absolute atomic E-state index is 0.0150. The third-order valence-corrected chi connectivity index (χ3v) is 9.01. The number of rotatable bonds is 2. The van der Waals surface area contributed by atoms with Crippen molar-refractivity contribution in [1.82, 2.24) is 0 Å². The molecule has 0 aromatic rings. The van der Waals surface area contributed by atoms with Crippen LogP contribution in [0.3, 0.4) is 0 Å². The molecule has 4 aliphatic rings. The molecular weight excluding hydrogens is 376 g/mol. The third kappa shape index (κ3) is 2.39. The first-order valence-electron chi connectivity index (χ1n) is 10.5. The number of ether oxygens (including phenoxy) is 1. The van der Waals surface area contributed by atoms with Crippen molar-refractivity contribution < 1.29 is 34.8 Å². The number of Topliss-reactive ketones (excluding diaryl/α,β-unsaturated/α-hetero) is 1. The van der Waals surface area contributed by atoms with E-state index in [2.05, 4.69) is 6.58 Å². The van der Waals surface area contributed by atoms with Crippen LogP contribution in [0.5, 0.6) is 0 Å². The average molecular weight is 408 g/mol. The van der Waals surface area contributed by atoms with Gasteiger partial charge in [-0.25, -0.2) is 0 Å². The van der Waals surface area contributed by atoms with E-state index in [0.717, 1.165) is 0 Å². The van der Waals surface area contributed by atoms with Crippen molar-refractivity contribution in [3.63, 3.8) is 0 Å². The van der Waals surface area contributed by atoms with Gasteiger partial charge in [-0.1, -0.05) is 20.4 Å². The number of aliphatic hydroxyl groups is 4.